The second-order valence-electron chi connectivity index (χ2n) is 9.60. The molecule has 2 aromatic carbocycles. The zero-order valence-corrected chi connectivity index (χ0v) is 20.5. The monoisotopic (exact) mass is 512 g/mol. The second kappa shape index (κ2) is 9.74. The van der Waals surface area contributed by atoms with E-state index in [1.165, 1.54) is 10.7 Å². The maximum atomic E-state index is 14.8. The molecule has 1 aliphatic heterocycles. The summed E-state index contributed by atoms with van der Waals surface area (Å²) in [7, 11) is 0. The standard InChI is InChI=1S/C29H25FN4O4/c30-24-16-21(37-18-19-4-2-1-3-5-19)6-7-25(24)34-15-11-26(33-34)32-27(35)20-8-12-29(13-9-20)23-17-31-14-10-22(23)28(36)38-29/h1-7,10-11,14-17,20H,8-9,12-13,18H2,(H,32,33,35). The van der Waals surface area contributed by atoms with Crippen LogP contribution in [-0.4, -0.2) is 26.6 Å². The first kappa shape index (κ1) is 23.8. The summed E-state index contributed by atoms with van der Waals surface area (Å²) >= 11 is 0. The van der Waals surface area contributed by atoms with Gasteiger partial charge in [-0.3, -0.25) is 9.78 Å². The second-order valence-corrected chi connectivity index (χ2v) is 9.60. The van der Waals surface area contributed by atoms with Crippen molar-refractivity contribution in [2.24, 2.45) is 5.92 Å². The molecule has 0 bridgehead atoms. The minimum atomic E-state index is -0.701. The van der Waals surface area contributed by atoms with Crippen molar-refractivity contribution in [2.45, 2.75) is 37.9 Å². The van der Waals surface area contributed by atoms with Crippen molar-refractivity contribution >= 4 is 17.7 Å². The van der Waals surface area contributed by atoms with Crippen LogP contribution >= 0.6 is 0 Å². The Morgan fingerprint density at radius 3 is 2.74 bits per heavy atom. The Hall–Kier alpha value is -4.53. The van der Waals surface area contributed by atoms with E-state index in [2.05, 4.69) is 15.4 Å². The Labute approximate surface area is 218 Å². The molecule has 1 saturated carbocycles. The van der Waals surface area contributed by atoms with Crippen LogP contribution < -0.4 is 10.1 Å². The van der Waals surface area contributed by atoms with Crippen LogP contribution in [0.15, 0.2) is 79.3 Å². The minimum absolute atomic E-state index is 0.161. The SMILES string of the molecule is O=C1OC2(CCC(C(=O)Nc3ccn(-c4ccc(OCc5ccccc5)cc4F)n3)CC2)c2cnccc21. The zero-order valence-electron chi connectivity index (χ0n) is 20.5. The Bertz CT molecular complexity index is 1500. The lowest BCUT2D eigenvalue weighted by atomic mass is 9.75. The summed E-state index contributed by atoms with van der Waals surface area (Å²) in [4.78, 5) is 29.4. The first-order chi connectivity index (χ1) is 18.5. The van der Waals surface area contributed by atoms with Gasteiger partial charge in [-0.2, -0.15) is 0 Å². The van der Waals surface area contributed by atoms with E-state index >= 15 is 0 Å². The number of aromatic nitrogens is 3. The zero-order chi connectivity index (χ0) is 26.1. The Morgan fingerprint density at radius 1 is 1.13 bits per heavy atom. The lowest BCUT2D eigenvalue weighted by Gasteiger charge is -2.35. The third-order valence-electron chi connectivity index (χ3n) is 7.24. The fourth-order valence-corrected chi connectivity index (χ4v) is 5.20. The first-order valence-electron chi connectivity index (χ1n) is 12.5. The Balaban J connectivity index is 1.07. The molecule has 1 aliphatic carbocycles. The summed E-state index contributed by atoms with van der Waals surface area (Å²) in [6.45, 7) is 0.339. The number of amides is 1. The van der Waals surface area contributed by atoms with E-state index in [-0.39, 0.29) is 23.5 Å². The number of carbonyl (C=O) groups is 2. The number of rotatable bonds is 6. The number of halogens is 1. The van der Waals surface area contributed by atoms with Gasteiger partial charge in [0.15, 0.2) is 11.6 Å². The van der Waals surface area contributed by atoms with Crippen molar-refractivity contribution in [3.05, 3.63) is 102 Å². The van der Waals surface area contributed by atoms with Crippen molar-refractivity contribution in [3.63, 3.8) is 0 Å². The van der Waals surface area contributed by atoms with Crippen molar-refractivity contribution in [3.8, 4) is 11.4 Å². The molecule has 1 fully saturated rings. The van der Waals surface area contributed by atoms with Gasteiger partial charge in [0.05, 0.1) is 5.56 Å². The molecular formula is C29H25FN4O4. The number of pyridine rings is 1. The van der Waals surface area contributed by atoms with Gasteiger partial charge < -0.3 is 14.8 Å². The minimum Gasteiger partial charge on any atom is -0.489 e. The number of fused-ring (bicyclic) bond motifs is 2. The summed E-state index contributed by atoms with van der Waals surface area (Å²) < 4.78 is 27.6. The van der Waals surface area contributed by atoms with Crippen LogP contribution in [0, 0.1) is 11.7 Å². The van der Waals surface area contributed by atoms with E-state index in [4.69, 9.17) is 9.47 Å². The molecule has 1 spiro atoms. The molecule has 4 aromatic rings. The predicted octanol–water partition coefficient (Wildman–Crippen LogP) is 5.18. The molecule has 3 heterocycles. The number of hydrogen-bond acceptors (Lipinski definition) is 6. The van der Waals surface area contributed by atoms with Crippen LogP contribution in [0.5, 0.6) is 5.75 Å². The fraction of sp³-hybridized carbons (Fsp3) is 0.241. The molecule has 6 rings (SSSR count). The highest BCUT2D eigenvalue weighted by atomic mass is 19.1. The highest BCUT2D eigenvalue weighted by molar-refractivity contribution is 5.95. The molecule has 0 saturated heterocycles. The van der Waals surface area contributed by atoms with E-state index in [9.17, 15) is 14.0 Å². The number of hydrogen-bond donors (Lipinski definition) is 1. The predicted molar refractivity (Wildman–Crippen MR) is 136 cm³/mol. The molecule has 1 amide bonds. The van der Waals surface area contributed by atoms with E-state index in [0.29, 0.717) is 49.4 Å². The Morgan fingerprint density at radius 2 is 1.95 bits per heavy atom. The maximum absolute atomic E-state index is 14.8. The van der Waals surface area contributed by atoms with Crippen molar-refractivity contribution < 1.29 is 23.5 Å². The smallest absolute Gasteiger partial charge is 0.339 e. The summed E-state index contributed by atoms with van der Waals surface area (Å²) in [6.07, 6.45) is 7.09. The molecule has 9 heteroatoms. The van der Waals surface area contributed by atoms with Crippen molar-refractivity contribution in [1.82, 2.24) is 14.8 Å². The number of ether oxygens (including phenoxy) is 2. The largest absolute Gasteiger partial charge is 0.489 e. The molecule has 0 atom stereocenters. The summed E-state index contributed by atoms with van der Waals surface area (Å²) in [6, 6.07) is 17.5. The third kappa shape index (κ3) is 4.51. The van der Waals surface area contributed by atoms with Gasteiger partial charge in [-0.15, -0.1) is 5.10 Å². The van der Waals surface area contributed by atoms with Crippen LogP contribution in [0.3, 0.4) is 0 Å². The van der Waals surface area contributed by atoms with E-state index < -0.39 is 11.4 Å². The van der Waals surface area contributed by atoms with E-state index in [1.54, 1.807) is 42.9 Å². The van der Waals surface area contributed by atoms with Crippen LogP contribution in [0.1, 0.15) is 47.2 Å². The fourth-order valence-electron chi connectivity index (χ4n) is 5.20. The molecule has 1 N–H and O–H groups in total. The van der Waals surface area contributed by atoms with E-state index in [0.717, 1.165) is 11.1 Å². The lowest BCUT2D eigenvalue weighted by molar-refractivity contribution is -0.122. The topological polar surface area (TPSA) is 95.3 Å². The van der Waals surface area contributed by atoms with Gasteiger partial charge in [-0.05, 0) is 49.4 Å². The summed E-state index contributed by atoms with van der Waals surface area (Å²) in [5.74, 6) is -0.485. The van der Waals surface area contributed by atoms with Crippen molar-refractivity contribution in [2.75, 3.05) is 5.32 Å². The molecule has 2 aliphatic rings. The highest BCUT2D eigenvalue weighted by Gasteiger charge is 2.48. The van der Waals surface area contributed by atoms with Crippen LogP contribution in [0.4, 0.5) is 10.2 Å². The molecule has 0 unspecified atom stereocenters. The quantitative estimate of drug-likeness (QED) is 0.358. The number of esters is 1. The molecule has 38 heavy (non-hydrogen) atoms. The molecule has 0 radical (unpaired) electrons. The molecule has 8 nitrogen and oxygen atoms in total. The molecular weight excluding hydrogens is 487 g/mol. The van der Waals surface area contributed by atoms with E-state index in [1.807, 2.05) is 30.3 Å². The van der Waals surface area contributed by atoms with Crippen LogP contribution in [0.25, 0.3) is 5.69 Å². The van der Waals surface area contributed by atoms with Crippen molar-refractivity contribution in [1.29, 1.82) is 0 Å². The molecule has 192 valence electrons. The number of carbonyl (C=O) groups excluding carboxylic acids is 2. The van der Waals surface area contributed by atoms with Gasteiger partial charge >= 0.3 is 5.97 Å². The highest BCUT2D eigenvalue weighted by Crippen LogP contribution is 2.47. The van der Waals surface area contributed by atoms with Crippen LogP contribution in [-0.2, 0) is 21.7 Å². The maximum Gasteiger partial charge on any atom is 0.339 e. The van der Waals surface area contributed by atoms with Gasteiger partial charge in [0.2, 0.25) is 5.91 Å². The summed E-state index contributed by atoms with van der Waals surface area (Å²) in [5, 5.41) is 7.18. The summed E-state index contributed by atoms with van der Waals surface area (Å²) in [5.41, 5.74) is 1.89. The first-order valence-corrected chi connectivity index (χ1v) is 12.5. The normalized spacial score (nSPS) is 20.1. The number of benzene rings is 2. The average Bonchev–Trinajstić information content (AvgIpc) is 3.51. The van der Waals surface area contributed by atoms with Gasteiger partial charge in [0.25, 0.3) is 0 Å². The molecule has 2 aromatic heterocycles. The number of nitrogens with zero attached hydrogens (tertiary/aromatic N) is 3. The lowest BCUT2D eigenvalue weighted by Crippen LogP contribution is -2.36. The number of nitrogens with one attached hydrogen (secondary N) is 1. The Kier molecular flexibility index (Phi) is 6.11. The van der Waals surface area contributed by atoms with Crippen LogP contribution in [0.2, 0.25) is 0 Å². The average molecular weight is 513 g/mol. The third-order valence-corrected chi connectivity index (χ3v) is 7.24. The van der Waals surface area contributed by atoms with Gasteiger partial charge in [-0.1, -0.05) is 30.3 Å². The van der Waals surface area contributed by atoms with Gasteiger partial charge in [0.1, 0.15) is 23.6 Å². The number of anilines is 1. The van der Waals surface area contributed by atoms with Gasteiger partial charge in [-0.25, -0.2) is 13.9 Å². The van der Waals surface area contributed by atoms with Gasteiger partial charge in [0, 0.05) is 42.2 Å².